The summed E-state index contributed by atoms with van der Waals surface area (Å²) in [6.45, 7) is 3.97. The maximum absolute atomic E-state index is 11.4. The molecular formula is C28H30N2O5. The maximum Gasteiger partial charge on any atom is 0.339 e. The van der Waals surface area contributed by atoms with Gasteiger partial charge >= 0.3 is 5.97 Å². The highest BCUT2D eigenvalue weighted by molar-refractivity contribution is 5.90. The number of ether oxygens (including phenoxy) is 2. The predicted molar refractivity (Wildman–Crippen MR) is 134 cm³/mol. The minimum Gasteiger partial charge on any atom is -0.497 e. The third-order valence-electron chi connectivity index (χ3n) is 6.86. The Morgan fingerprint density at radius 3 is 2.71 bits per heavy atom. The van der Waals surface area contributed by atoms with Gasteiger partial charge in [-0.15, -0.1) is 0 Å². The first-order valence-corrected chi connectivity index (χ1v) is 12.0. The zero-order chi connectivity index (χ0) is 24.2. The fraction of sp³-hybridized carbons (Fsp3) is 0.321. The molecule has 5 rings (SSSR count). The number of benzene rings is 2. The lowest BCUT2D eigenvalue weighted by atomic mass is 9.89. The molecule has 0 aliphatic carbocycles. The molecule has 0 radical (unpaired) electrons. The monoisotopic (exact) mass is 474 g/mol. The molecule has 182 valence electrons. The lowest BCUT2D eigenvalue weighted by Crippen LogP contribution is -2.35. The molecule has 1 N–H and O–H groups in total. The fourth-order valence-electron chi connectivity index (χ4n) is 4.99. The summed E-state index contributed by atoms with van der Waals surface area (Å²) >= 11 is 0. The van der Waals surface area contributed by atoms with Gasteiger partial charge in [0.25, 0.3) is 0 Å². The molecule has 2 aromatic heterocycles. The van der Waals surface area contributed by atoms with E-state index in [9.17, 15) is 9.90 Å². The van der Waals surface area contributed by atoms with Crippen molar-refractivity contribution >= 4 is 16.9 Å². The predicted octanol–water partition coefficient (Wildman–Crippen LogP) is 5.25. The molecule has 4 aromatic rings. The second kappa shape index (κ2) is 10.3. The summed E-state index contributed by atoms with van der Waals surface area (Å²) in [6, 6.07) is 15.1. The number of aromatic nitrogens is 1. The maximum atomic E-state index is 11.4. The molecule has 3 heterocycles. The summed E-state index contributed by atoms with van der Waals surface area (Å²) in [5.41, 5.74) is 3.92. The van der Waals surface area contributed by atoms with Crippen molar-refractivity contribution in [2.24, 2.45) is 0 Å². The highest BCUT2D eigenvalue weighted by Gasteiger charge is 2.24. The Balaban J connectivity index is 1.24. The average molecular weight is 475 g/mol. The summed E-state index contributed by atoms with van der Waals surface area (Å²) in [6.07, 6.45) is 7.93. The zero-order valence-electron chi connectivity index (χ0n) is 19.9. The molecule has 1 fully saturated rings. The standard InChI is InChI=1S/C28H30N2O5/c1-33-22-6-7-26-24(16-22)25(18-30(26)17-20-10-14-34-19-20)21-8-11-29(12-9-21)13-15-35-27-5-3-2-4-23(27)28(31)32/h2-7,10,14,16,18-19,21H,8-9,11-13,15,17H2,1H3,(H,31,32). The van der Waals surface area contributed by atoms with E-state index in [0.717, 1.165) is 50.3 Å². The van der Waals surface area contributed by atoms with Crippen LogP contribution in [0.5, 0.6) is 11.5 Å². The van der Waals surface area contributed by atoms with Crippen molar-refractivity contribution in [2.45, 2.75) is 25.3 Å². The summed E-state index contributed by atoms with van der Waals surface area (Å²) < 4.78 is 18.9. The minimum absolute atomic E-state index is 0.202. The normalized spacial score (nSPS) is 14.9. The van der Waals surface area contributed by atoms with Crippen LogP contribution in [-0.2, 0) is 6.54 Å². The number of aromatic carboxylic acids is 1. The molecule has 0 unspecified atom stereocenters. The van der Waals surface area contributed by atoms with Crippen LogP contribution in [0.4, 0.5) is 0 Å². The molecular weight excluding hydrogens is 444 g/mol. The van der Waals surface area contributed by atoms with Crippen LogP contribution in [0.1, 0.15) is 40.2 Å². The van der Waals surface area contributed by atoms with Gasteiger partial charge in [0.05, 0.1) is 26.2 Å². The highest BCUT2D eigenvalue weighted by atomic mass is 16.5. The molecule has 7 heteroatoms. The quantitative estimate of drug-likeness (QED) is 0.357. The number of methoxy groups -OCH3 is 1. The van der Waals surface area contributed by atoms with Gasteiger partial charge in [-0.3, -0.25) is 4.90 Å². The number of carboxylic acids is 1. The molecule has 2 aromatic carbocycles. The highest BCUT2D eigenvalue weighted by Crippen LogP contribution is 2.36. The Morgan fingerprint density at radius 1 is 1.14 bits per heavy atom. The van der Waals surface area contributed by atoms with Crippen LogP contribution in [0.3, 0.4) is 0 Å². The number of para-hydroxylation sites is 1. The SMILES string of the molecule is COc1ccc2c(c1)c(C1CCN(CCOc3ccccc3C(=O)O)CC1)cn2Cc1ccoc1. The van der Waals surface area contributed by atoms with E-state index in [-0.39, 0.29) is 5.56 Å². The van der Waals surface area contributed by atoms with E-state index in [1.165, 1.54) is 16.5 Å². The molecule has 1 aliphatic heterocycles. The van der Waals surface area contributed by atoms with Gasteiger partial charge in [0.1, 0.15) is 23.7 Å². The average Bonchev–Trinajstić information content (AvgIpc) is 3.53. The van der Waals surface area contributed by atoms with Crippen molar-refractivity contribution in [3.63, 3.8) is 0 Å². The van der Waals surface area contributed by atoms with Crippen LogP contribution < -0.4 is 9.47 Å². The van der Waals surface area contributed by atoms with Gasteiger partial charge < -0.3 is 23.6 Å². The molecule has 7 nitrogen and oxygen atoms in total. The van der Waals surface area contributed by atoms with Crippen molar-refractivity contribution in [1.29, 1.82) is 0 Å². The number of rotatable bonds is 9. The van der Waals surface area contributed by atoms with Crippen molar-refractivity contribution in [2.75, 3.05) is 33.4 Å². The van der Waals surface area contributed by atoms with Gasteiger partial charge in [-0.2, -0.15) is 0 Å². The largest absolute Gasteiger partial charge is 0.497 e. The lowest BCUT2D eigenvalue weighted by Gasteiger charge is -2.31. The number of likely N-dealkylation sites (tertiary alicyclic amines) is 1. The number of carboxylic acid groups (broad SMARTS) is 1. The van der Waals surface area contributed by atoms with E-state index in [1.807, 2.05) is 12.1 Å². The molecule has 0 bridgehead atoms. The first kappa shape index (κ1) is 23.1. The number of nitrogens with zero attached hydrogens (tertiary/aromatic N) is 2. The lowest BCUT2D eigenvalue weighted by molar-refractivity contribution is 0.0691. The Kier molecular flexibility index (Phi) is 6.77. The van der Waals surface area contributed by atoms with Crippen LogP contribution in [0.15, 0.2) is 71.7 Å². The van der Waals surface area contributed by atoms with Crippen LogP contribution in [0, 0.1) is 0 Å². The molecule has 35 heavy (non-hydrogen) atoms. The third kappa shape index (κ3) is 5.05. The number of hydrogen-bond acceptors (Lipinski definition) is 5. The van der Waals surface area contributed by atoms with Gasteiger partial charge in [0.2, 0.25) is 0 Å². The third-order valence-corrected chi connectivity index (χ3v) is 6.86. The van der Waals surface area contributed by atoms with Gasteiger partial charge in [-0.25, -0.2) is 4.79 Å². The first-order valence-electron chi connectivity index (χ1n) is 12.0. The first-order chi connectivity index (χ1) is 17.1. The Morgan fingerprint density at radius 2 is 1.97 bits per heavy atom. The van der Waals surface area contributed by atoms with E-state index in [2.05, 4.69) is 27.8 Å². The summed E-state index contributed by atoms with van der Waals surface area (Å²) in [7, 11) is 1.71. The Hall–Kier alpha value is -3.71. The van der Waals surface area contributed by atoms with Crippen molar-refractivity contribution < 1.29 is 23.8 Å². The number of hydrogen-bond donors (Lipinski definition) is 1. The number of fused-ring (bicyclic) bond motifs is 1. The molecule has 0 amide bonds. The fourth-order valence-corrected chi connectivity index (χ4v) is 4.99. The van der Waals surface area contributed by atoms with Crippen LogP contribution in [0.2, 0.25) is 0 Å². The van der Waals surface area contributed by atoms with E-state index in [4.69, 9.17) is 13.9 Å². The second-order valence-corrected chi connectivity index (χ2v) is 8.99. The molecule has 1 aliphatic rings. The van der Waals surface area contributed by atoms with Crippen molar-refractivity contribution in [3.05, 3.63) is 83.9 Å². The van der Waals surface area contributed by atoms with E-state index >= 15 is 0 Å². The molecule has 1 saturated heterocycles. The number of piperidine rings is 1. The van der Waals surface area contributed by atoms with E-state index in [1.54, 1.807) is 43.9 Å². The van der Waals surface area contributed by atoms with Crippen molar-refractivity contribution in [1.82, 2.24) is 9.47 Å². The smallest absolute Gasteiger partial charge is 0.339 e. The zero-order valence-corrected chi connectivity index (χ0v) is 19.9. The second-order valence-electron chi connectivity index (χ2n) is 8.99. The number of carbonyl (C=O) groups is 1. The van der Waals surface area contributed by atoms with Crippen LogP contribution >= 0.6 is 0 Å². The van der Waals surface area contributed by atoms with Crippen molar-refractivity contribution in [3.8, 4) is 11.5 Å². The Bertz CT molecular complexity index is 1290. The minimum atomic E-state index is -0.968. The molecule has 0 spiro atoms. The molecule has 0 atom stereocenters. The molecule has 0 saturated carbocycles. The van der Waals surface area contributed by atoms with Gasteiger partial charge in [-0.1, -0.05) is 12.1 Å². The van der Waals surface area contributed by atoms with Gasteiger partial charge in [0, 0.05) is 29.2 Å². The summed E-state index contributed by atoms with van der Waals surface area (Å²) in [5, 5.41) is 10.6. The summed E-state index contributed by atoms with van der Waals surface area (Å²) in [4.78, 5) is 13.8. The van der Waals surface area contributed by atoms with E-state index < -0.39 is 5.97 Å². The Labute approximate surface area is 204 Å². The van der Waals surface area contributed by atoms with Gasteiger partial charge in [-0.05, 0) is 73.8 Å². The summed E-state index contributed by atoms with van der Waals surface area (Å²) in [5.74, 6) is 0.801. The van der Waals surface area contributed by atoms with Gasteiger partial charge in [0.15, 0.2) is 0 Å². The number of furan rings is 1. The van der Waals surface area contributed by atoms with Crippen LogP contribution in [0.25, 0.3) is 10.9 Å². The topological polar surface area (TPSA) is 77.1 Å². The van der Waals surface area contributed by atoms with E-state index in [0.29, 0.717) is 18.3 Å². The van der Waals surface area contributed by atoms with Crippen LogP contribution in [-0.4, -0.2) is 53.9 Å².